The molecule has 0 fully saturated rings. The highest BCUT2D eigenvalue weighted by molar-refractivity contribution is 7.14. The Balaban J connectivity index is 1.85. The molecule has 142 valence electrons. The predicted molar refractivity (Wildman–Crippen MR) is 101 cm³/mol. The number of carbonyl (C=O) groups is 2. The van der Waals surface area contributed by atoms with Crippen LogP contribution in [0.15, 0.2) is 53.9 Å². The quantitative estimate of drug-likeness (QED) is 0.439. The number of allylic oxidation sites excluding steroid dienone is 1. The van der Waals surface area contributed by atoms with E-state index in [1.807, 2.05) is 0 Å². The van der Waals surface area contributed by atoms with E-state index in [1.54, 1.807) is 5.38 Å². The topological polar surface area (TPSA) is 50.3 Å². The summed E-state index contributed by atoms with van der Waals surface area (Å²) in [6, 6.07) is 8.14. The van der Waals surface area contributed by atoms with Crippen LogP contribution in [0.4, 0.5) is 24.0 Å². The minimum absolute atomic E-state index is 0.130. The van der Waals surface area contributed by atoms with Gasteiger partial charge in [-0.15, -0.1) is 11.3 Å². The molecule has 0 radical (unpaired) electrons. The maximum absolute atomic E-state index is 14.1. The molecule has 1 aromatic heterocycles. The number of aromatic nitrogens is 1. The third-order valence-electron chi connectivity index (χ3n) is 3.68. The van der Waals surface area contributed by atoms with Crippen molar-refractivity contribution < 1.29 is 22.8 Å². The van der Waals surface area contributed by atoms with Crippen molar-refractivity contribution in [1.29, 1.82) is 0 Å². The molecule has 3 rings (SSSR count). The molecule has 1 amide bonds. The van der Waals surface area contributed by atoms with Crippen LogP contribution in [0.25, 0.3) is 6.08 Å². The summed E-state index contributed by atoms with van der Waals surface area (Å²) < 4.78 is 40.4. The standard InChI is InChI=1S/C20H13F3N2O2S/c1-12(26)25(18-7-5-15(22)10-17(18)23)20-24-16(11-28-20)6-8-19(27)13-3-2-4-14(21)9-13/h2-11H,1H3/b8-6+. The van der Waals surface area contributed by atoms with E-state index in [0.29, 0.717) is 11.8 Å². The number of nitrogens with zero attached hydrogens (tertiary/aromatic N) is 2. The Hall–Kier alpha value is -3.26. The molecule has 8 heteroatoms. The van der Waals surface area contributed by atoms with E-state index in [9.17, 15) is 22.8 Å². The Labute approximate surface area is 162 Å². The van der Waals surface area contributed by atoms with Crippen molar-refractivity contribution >= 4 is 39.9 Å². The molecular weight excluding hydrogens is 389 g/mol. The zero-order chi connectivity index (χ0) is 20.3. The van der Waals surface area contributed by atoms with Crippen molar-refractivity contribution in [3.63, 3.8) is 0 Å². The summed E-state index contributed by atoms with van der Waals surface area (Å²) in [5, 5.41) is 1.73. The summed E-state index contributed by atoms with van der Waals surface area (Å²) >= 11 is 1.05. The number of ketones is 1. The number of carbonyl (C=O) groups excluding carboxylic acids is 2. The molecule has 3 aromatic rings. The lowest BCUT2D eigenvalue weighted by Crippen LogP contribution is -2.23. The number of thiazole rings is 1. The van der Waals surface area contributed by atoms with Gasteiger partial charge in [0.1, 0.15) is 17.5 Å². The number of amides is 1. The molecule has 28 heavy (non-hydrogen) atoms. The van der Waals surface area contributed by atoms with Crippen LogP contribution in [-0.4, -0.2) is 16.7 Å². The minimum Gasteiger partial charge on any atom is -0.289 e. The number of hydrogen-bond acceptors (Lipinski definition) is 4. The zero-order valence-corrected chi connectivity index (χ0v) is 15.3. The second kappa shape index (κ2) is 8.18. The van der Waals surface area contributed by atoms with Crippen molar-refractivity contribution in [3.8, 4) is 0 Å². The van der Waals surface area contributed by atoms with Gasteiger partial charge in [-0.3, -0.25) is 14.5 Å². The lowest BCUT2D eigenvalue weighted by Gasteiger charge is -2.18. The zero-order valence-electron chi connectivity index (χ0n) is 14.5. The molecule has 0 aliphatic heterocycles. The van der Waals surface area contributed by atoms with E-state index in [0.717, 1.165) is 34.4 Å². The van der Waals surface area contributed by atoms with Gasteiger partial charge in [0.15, 0.2) is 10.9 Å². The summed E-state index contributed by atoms with van der Waals surface area (Å²) in [5.41, 5.74) is 0.415. The summed E-state index contributed by atoms with van der Waals surface area (Å²) in [4.78, 5) is 29.3. The third-order valence-corrected chi connectivity index (χ3v) is 4.53. The first kappa shape index (κ1) is 19.5. The Morgan fingerprint density at radius 1 is 1.07 bits per heavy atom. The smallest absolute Gasteiger partial charge is 0.230 e. The molecule has 0 atom stereocenters. The molecule has 0 aliphatic rings. The van der Waals surface area contributed by atoms with Gasteiger partial charge < -0.3 is 0 Å². The van der Waals surface area contributed by atoms with Gasteiger partial charge >= 0.3 is 0 Å². The van der Waals surface area contributed by atoms with E-state index in [2.05, 4.69) is 4.98 Å². The normalized spacial score (nSPS) is 11.0. The number of halogens is 3. The molecule has 4 nitrogen and oxygen atoms in total. The molecule has 0 aliphatic carbocycles. The highest BCUT2D eigenvalue weighted by Gasteiger charge is 2.21. The Bertz CT molecular complexity index is 1080. The van der Waals surface area contributed by atoms with Crippen molar-refractivity contribution in [2.75, 3.05) is 4.90 Å². The molecule has 0 spiro atoms. The van der Waals surface area contributed by atoms with Crippen LogP contribution >= 0.6 is 11.3 Å². The second-order valence-electron chi connectivity index (χ2n) is 5.71. The van der Waals surface area contributed by atoms with Gasteiger partial charge in [-0.2, -0.15) is 0 Å². The first-order valence-electron chi connectivity index (χ1n) is 8.04. The van der Waals surface area contributed by atoms with Gasteiger partial charge in [-0.25, -0.2) is 18.2 Å². The second-order valence-corrected chi connectivity index (χ2v) is 6.55. The average molecular weight is 402 g/mol. The van der Waals surface area contributed by atoms with E-state index < -0.39 is 29.1 Å². The van der Waals surface area contributed by atoms with Crippen molar-refractivity contribution in [1.82, 2.24) is 4.98 Å². The van der Waals surface area contributed by atoms with E-state index >= 15 is 0 Å². The fraction of sp³-hybridized carbons (Fsp3) is 0.0500. The van der Waals surface area contributed by atoms with E-state index in [4.69, 9.17) is 0 Å². The number of benzene rings is 2. The summed E-state index contributed by atoms with van der Waals surface area (Å²) in [6.07, 6.45) is 2.64. The van der Waals surface area contributed by atoms with Crippen LogP contribution in [0, 0.1) is 17.5 Å². The molecule has 0 unspecified atom stereocenters. The predicted octanol–water partition coefficient (Wildman–Crippen LogP) is 5.14. The van der Waals surface area contributed by atoms with Crippen molar-refractivity contribution in [2.24, 2.45) is 0 Å². The van der Waals surface area contributed by atoms with Gasteiger partial charge in [0.05, 0.1) is 11.4 Å². The Kier molecular flexibility index (Phi) is 5.70. The van der Waals surface area contributed by atoms with Crippen LogP contribution in [0.2, 0.25) is 0 Å². The number of anilines is 2. The summed E-state index contributed by atoms with van der Waals surface area (Å²) in [7, 11) is 0. The van der Waals surface area contributed by atoms with Crippen LogP contribution in [0.3, 0.4) is 0 Å². The summed E-state index contributed by atoms with van der Waals surface area (Å²) in [6.45, 7) is 1.23. The van der Waals surface area contributed by atoms with Crippen molar-refractivity contribution in [3.05, 3.63) is 82.6 Å². The van der Waals surface area contributed by atoms with Crippen LogP contribution in [0.1, 0.15) is 23.0 Å². The first-order chi connectivity index (χ1) is 13.3. The third kappa shape index (κ3) is 4.34. The Morgan fingerprint density at radius 2 is 1.82 bits per heavy atom. The highest BCUT2D eigenvalue weighted by atomic mass is 32.1. The lowest BCUT2D eigenvalue weighted by molar-refractivity contribution is -0.115. The number of rotatable bonds is 5. The SMILES string of the molecule is CC(=O)N(c1nc(/C=C/C(=O)c2cccc(F)c2)cs1)c1ccc(F)cc1F. The van der Waals surface area contributed by atoms with Crippen molar-refractivity contribution in [2.45, 2.75) is 6.92 Å². The fourth-order valence-electron chi connectivity index (χ4n) is 2.42. The molecular formula is C20H13F3N2O2S. The number of hydrogen-bond donors (Lipinski definition) is 0. The monoisotopic (exact) mass is 402 g/mol. The fourth-order valence-corrected chi connectivity index (χ4v) is 3.27. The molecule has 0 saturated carbocycles. The van der Waals surface area contributed by atoms with Gasteiger partial charge in [0.25, 0.3) is 0 Å². The largest absolute Gasteiger partial charge is 0.289 e. The first-order valence-corrected chi connectivity index (χ1v) is 8.92. The van der Waals surface area contributed by atoms with E-state index in [-0.39, 0.29) is 16.4 Å². The lowest BCUT2D eigenvalue weighted by atomic mass is 10.1. The van der Waals surface area contributed by atoms with Gasteiger partial charge in [0.2, 0.25) is 5.91 Å². The van der Waals surface area contributed by atoms with E-state index in [1.165, 1.54) is 37.3 Å². The average Bonchev–Trinajstić information content (AvgIpc) is 3.10. The molecule has 0 saturated heterocycles. The molecule has 2 aromatic carbocycles. The van der Waals surface area contributed by atoms with Crippen LogP contribution in [-0.2, 0) is 4.79 Å². The van der Waals surface area contributed by atoms with Gasteiger partial charge in [0, 0.05) is 23.9 Å². The van der Waals surface area contributed by atoms with Gasteiger partial charge in [-0.05, 0) is 36.4 Å². The summed E-state index contributed by atoms with van der Waals surface area (Å²) in [5.74, 6) is -3.10. The highest BCUT2D eigenvalue weighted by Crippen LogP contribution is 2.31. The maximum Gasteiger partial charge on any atom is 0.230 e. The Morgan fingerprint density at radius 3 is 2.50 bits per heavy atom. The van der Waals surface area contributed by atoms with Crippen LogP contribution < -0.4 is 4.90 Å². The maximum atomic E-state index is 14.1. The molecule has 1 heterocycles. The molecule has 0 bridgehead atoms. The van der Waals surface area contributed by atoms with Gasteiger partial charge in [-0.1, -0.05) is 12.1 Å². The minimum atomic E-state index is -0.899. The molecule has 0 N–H and O–H groups in total. The van der Waals surface area contributed by atoms with Crippen LogP contribution in [0.5, 0.6) is 0 Å².